The van der Waals surface area contributed by atoms with E-state index in [0.717, 1.165) is 0 Å². The Labute approximate surface area is 109 Å². The molecular weight excluding hydrogens is 236 g/mol. The fourth-order valence-corrected chi connectivity index (χ4v) is 2.00. The SMILES string of the molecule is C=C1[C@@H](OC(C)(C)C)O[C@H](CO)[C@H](OC)[C@@H]1OC. The fourth-order valence-electron chi connectivity index (χ4n) is 2.00. The molecule has 0 spiro atoms. The van der Waals surface area contributed by atoms with E-state index in [9.17, 15) is 5.11 Å². The maximum atomic E-state index is 9.36. The molecule has 1 N–H and O–H groups in total. The zero-order chi connectivity index (χ0) is 13.9. The van der Waals surface area contributed by atoms with Gasteiger partial charge < -0.3 is 24.1 Å². The first-order valence-corrected chi connectivity index (χ1v) is 6.02. The van der Waals surface area contributed by atoms with Crippen molar-refractivity contribution in [3.05, 3.63) is 12.2 Å². The van der Waals surface area contributed by atoms with Crippen LogP contribution in [0.1, 0.15) is 20.8 Å². The zero-order valence-corrected chi connectivity index (χ0v) is 11.8. The average Bonchev–Trinajstić information content (AvgIpc) is 2.29. The number of methoxy groups -OCH3 is 2. The molecule has 0 saturated carbocycles. The van der Waals surface area contributed by atoms with Gasteiger partial charge in [-0.15, -0.1) is 0 Å². The molecule has 1 heterocycles. The monoisotopic (exact) mass is 260 g/mol. The standard InChI is InChI=1S/C13H24O5/c1-8-10(15-5)11(16-6)9(7-14)17-12(8)18-13(2,3)4/h9-12,14H,1,7H2,2-6H3/t9-,10-,11+,12-/m1/s1. The minimum atomic E-state index is -0.599. The molecule has 1 aliphatic rings. The van der Waals surface area contributed by atoms with E-state index < -0.39 is 12.4 Å². The Kier molecular flexibility index (Phi) is 5.31. The molecule has 0 aromatic carbocycles. The normalized spacial score (nSPS) is 33.8. The first-order valence-electron chi connectivity index (χ1n) is 6.02. The minimum Gasteiger partial charge on any atom is -0.394 e. The van der Waals surface area contributed by atoms with Crippen LogP contribution in [0.4, 0.5) is 0 Å². The summed E-state index contributed by atoms with van der Waals surface area (Å²) in [5.41, 5.74) is 0.301. The van der Waals surface area contributed by atoms with Crippen LogP contribution in [0.3, 0.4) is 0 Å². The van der Waals surface area contributed by atoms with Gasteiger partial charge in [-0.1, -0.05) is 6.58 Å². The van der Waals surface area contributed by atoms with Crippen molar-refractivity contribution in [3.63, 3.8) is 0 Å². The van der Waals surface area contributed by atoms with Gasteiger partial charge in [-0.2, -0.15) is 0 Å². The highest BCUT2D eigenvalue weighted by Gasteiger charge is 2.43. The van der Waals surface area contributed by atoms with Gasteiger partial charge in [0, 0.05) is 19.8 Å². The summed E-state index contributed by atoms with van der Waals surface area (Å²) in [4.78, 5) is 0. The van der Waals surface area contributed by atoms with E-state index in [1.807, 2.05) is 20.8 Å². The van der Waals surface area contributed by atoms with Crippen LogP contribution in [-0.4, -0.2) is 56.1 Å². The Bertz CT molecular complexity index is 284. The van der Waals surface area contributed by atoms with Gasteiger partial charge in [0.2, 0.25) is 0 Å². The minimum absolute atomic E-state index is 0.157. The van der Waals surface area contributed by atoms with Gasteiger partial charge in [0.15, 0.2) is 6.29 Å². The Balaban J connectivity index is 2.87. The summed E-state index contributed by atoms with van der Waals surface area (Å²) in [7, 11) is 3.14. The Morgan fingerprint density at radius 1 is 1.28 bits per heavy atom. The van der Waals surface area contributed by atoms with Gasteiger partial charge in [0.25, 0.3) is 0 Å². The molecule has 0 bridgehead atoms. The fraction of sp³-hybridized carbons (Fsp3) is 0.846. The van der Waals surface area contributed by atoms with Crippen LogP contribution in [0.25, 0.3) is 0 Å². The lowest BCUT2D eigenvalue weighted by Crippen LogP contribution is -2.54. The van der Waals surface area contributed by atoms with Gasteiger partial charge in [-0.3, -0.25) is 0 Å². The van der Waals surface area contributed by atoms with Crippen LogP contribution in [0.15, 0.2) is 12.2 Å². The molecule has 1 fully saturated rings. The molecule has 18 heavy (non-hydrogen) atoms. The van der Waals surface area contributed by atoms with Crippen molar-refractivity contribution in [1.82, 2.24) is 0 Å². The van der Waals surface area contributed by atoms with Gasteiger partial charge in [-0.05, 0) is 20.8 Å². The maximum Gasteiger partial charge on any atom is 0.183 e. The number of ether oxygens (including phenoxy) is 4. The van der Waals surface area contributed by atoms with Crippen LogP contribution in [0.2, 0.25) is 0 Å². The molecule has 1 aliphatic heterocycles. The number of aliphatic hydroxyl groups excluding tert-OH is 1. The molecule has 1 rings (SSSR count). The summed E-state index contributed by atoms with van der Waals surface area (Å²) >= 11 is 0. The number of hydrogen-bond acceptors (Lipinski definition) is 5. The molecule has 0 aliphatic carbocycles. The second-order valence-electron chi connectivity index (χ2n) is 5.35. The lowest BCUT2D eigenvalue weighted by atomic mass is 9.97. The first-order chi connectivity index (χ1) is 8.34. The highest BCUT2D eigenvalue weighted by molar-refractivity contribution is 5.14. The second-order valence-corrected chi connectivity index (χ2v) is 5.35. The van der Waals surface area contributed by atoms with Gasteiger partial charge >= 0.3 is 0 Å². The summed E-state index contributed by atoms with van der Waals surface area (Å²) in [6.07, 6.45) is -1.82. The number of rotatable bonds is 4. The molecule has 1 saturated heterocycles. The van der Waals surface area contributed by atoms with Crippen LogP contribution in [-0.2, 0) is 18.9 Å². The molecule has 0 radical (unpaired) electrons. The van der Waals surface area contributed by atoms with Crippen molar-refractivity contribution in [2.45, 2.75) is 51.0 Å². The predicted octanol–water partition coefficient (Wildman–Crippen LogP) is 1.10. The first kappa shape index (κ1) is 15.6. The van der Waals surface area contributed by atoms with Crippen molar-refractivity contribution in [3.8, 4) is 0 Å². The van der Waals surface area contributed by atoms with E-state index in [1.165, 1.54) is 0 Å². The Morgan fingerprint density at radius 3 is 2.28 bits per heavy atom. The quantitative estimate of drug-likeness (QED) is 0.767. The van der Waals surface area contributed by atoms with Crippen LogP contribution in [0.5, 0.6) is 0 Å². The smallest absolute Gasteiger partial charge is 0.183 e. The van der Waals surface area contributed by atoms with E-state index in [-0.39, 0.29) is 24.4 Å². The van der Waals surface area contributed by atoms with Crippen molar-refractivity contribution in [1.29, 1.82) is 0 Å². The summed E-state index contributed by atoms with van der Waals surface area (Å²) in [6, 6.07) is 0. The predicted molar refractivity (Wildman–Crippen MR) is 67.3 cm³/mol. The van der Waals surface area contributed by atoms with E-state index in [1.54, 1.807) is 14.2 Å². The third-order valence-electron chi connectivity index (χ3n) is 2.80. The Morgan fingerprint density at radius 2 is 1.89 bits per heavy atom. The molecule has 4 atom stereocenters. The summed E-state index contributed by atoms with van der Waals surface area (Å²) in [6.45, 7) is 9.60. The molecule has 106 valence electrons. The molecule has 5 heteroatoms. The largest absolute Gasteiger partial charge is 0.394 e. The third-order valence-corrected chi connectivity index (χ3v) is 2.80. The molecule has 0 aromatic rings. The van der Waals surface area contributed by atoms with E-state index >= 15 is 0 Å². The van der Waals surface area contributed by atoms with Crippen molar-refractivity contribution >= 4 is 0 Å². The van der Waals surface area contributed by atoms with Crippen LogP contribution in [0, 0.1) is 0 Å². The highest BCUT2D eigenvalue weighted by atomic mass is 16.7. The zero-order valence-electron chi connectivity index (χ0n) is 11.8. The lowest BCUT2D eigenvalue weighted by Gasteiger charge is -2.42. The number of hydrogen-bond donors (Lipinski definition) is 1. The lowest BCUT2D eigenvalue weighted by molar-refractivity contribution is -0.258. The summed E-state index contributed by atoms with van der Waals surface area (Å²) in [5.74, 6) is 0. The molecule has 0 amide bonds. The van der Waals surface area contributed by atoms with Crippen LogP contribution >= 0.6 is 0 Å². The van der Waals surface area contributed by atoms with Gasteiger partial charge in [0.1, 0.15) is 18.3 Å². The maximum absolute atomic E-state index is 9.36. The highest BCUT2D eigenvalue weighted by Crippen LogP contribution is 2.31. The topological polar surface area (TPSA) is 57.2 Å². The van der Waals surface area contributed by atoms with Crippen molar-refractivity contribution in [2.24, 2.45) is 0 Å². The van der Waals surface area contributed by atoms with Crippen LogP contribution < -0.4 is 0 Å². The second kappa shape index (κ2) is 6.12. The van der Waals surface area contributed by atoms with E-state index in [4.69, 9.17) is 18.9 Å². The van der Waals surface area contributed by atoms with Crippen molar-refractivity contribution in [2.75, 3.05) is 20.8 Å². The molecule has 0 aromatic heterocycles. The van der Waals surface area contributed by atoms with E-state index in [2.05, 4.69) is 6.58 Å². The van der Waals surface area contributed by atoms with Crippen molar-refractivity contribution < 1.29 is 24.1 Å². The van der Waals surface area contributed by atoms with Gasteiger partial charge in [0.05, 0.1) is 12.2 Å². The number of aliphatic hydroxyl groups is 1. The Hall–Kier alpha value is -0.460. The molecule has 5 nitrogen and oxygen atoms in total. The van der Waals surface area contributed by atoms with E-state index in [0.29, 0.717) is 5.57 Å². The molecular formula is C13H24O5. The van der Waals surface area contributed by atoms with Gasteiger partial charge in [-0.25, -0.2) is 0 Å². The summed E-state index contributed by atoms with van der Waals surface area (Å²) < 4.78 is 22.2. The summed E-state index contributed by atoms with van der Waals surface area (Å²) in [5, 5.41) is 9.36. The average molecular weight is 260 g/mol. The third kappa shape index (κ3) is 3.52. The molecule has 0 unspecified atom stereocenters.